The van der Waals surface area contributed by atoms with E-state index in [4.69, 9.17) is 4.42 Å². The Kier molecular flexibility index (Phi) is 5.32. The van der Waals surface area contributed by atoms with Gasteiger partial charge in [-0.25, -0.2) is 9.78 Å². The molecule has 0 aliphatic rings. The number of anilines is 1. The summed E-state index contributed by atoms with van der Waals surface area (Å²) in [5, 5.41) is 12.2. The maximum absolute atomic E-state index is 12.2. The van der Waals surface area contributed by atoms with Crippen LogP contribution in [0.15, 0.2) is 53.2 Å². The van der Waals surface area contributed by atoms with Crippen LogP contribution >= 0.6 is 0 Å². The number of hydrogen-bond acceptors (Lipinski definition) is 5. The normalized spacial score (nSPS) is 11.6. The number of nitrogens with zero attached hydrogens (tertiary/aromatic N) is 4. The van der Waals surface area contributed by atoms with Crippen LogP contribution in [-0.2, 0) is 6.42 Å². The first-order chi connectivity index (χ1) is 14.8. The van der Waals surface area contributed by atoms with Crippen molar-refractivity contribution < 1.29 is 22.4 Å². The zero-order valence-electron chi connectivity index (χ0n) is 16.3. The van der Waals surface area contributed by atoms with Gasteiger partial charge < -0.3 is 15.1 Å². The molecule has 3 heterocycles. The minimum Gasteiger partial charge on any atom is -0.421 e. The number of urea groups is 1. The quantitative estimate of drug-likeness (QED) is 0.492. The third kappa shape index (κ3) is 4.65. The SMILES string of the molecule is CCc1nnc(-c2ccn3c(-c4cccc(NC(=O)NCC(F)(F)F)c4)cnc3c2)o1. The topological polar surface area (TPSA) is 97.3 Å². The van der Waals surface area contributed by atoms with E-state index >= 15 is 0 Å². The molecule has 8 nitrogen and oxygen atoms in total. The standard InChI is InChI=1S/C20H17F3N6O2/c1-2-17-27-28-18(31-17)13-6-7-29-15(10-24-16(29)9-13)12-4-3-5-14(8-12)26-19(30)25-11-20(21,22)23/h3-10H,2,11H2,1H3,(H2,25,26,30). The number of carbonyl (C=O) groups is 1. The van der Waals surface area contributed by atoms with Gasteiger partial charge in [-0.3, -0.25) is 4.40 Å². The van der Waals surface area contributed by atoms with Gasteiger partial charge in [-0.2, -0.15) is 13.2 Å². The molecule has 0 radical (unpaired) electrons. The Morgan fingerprint density at radius 3 is 2.74 bits per heavy atom. The van der Waals surface area contributed by atoms with Crippen LogP contribution in [0.4, 0.5) is 23.7 Å². The van der Waals surface area contributed by atoms with Crippen LogP contribution in [0.3, 0.4) is 0 Å². The molecule has 0 unspecified atom stereocenters. The van der Waals surface area contributed by atoms with E-state index in [0.717, 1.165) is 16.8 Å². The maximum atomic E-state index is 12.2. The molecule has 0 spiro atoms. The van der Waals surface area contributed by atoms with Gasteiger partial charge in [0.2, 0.25) is 11.8 Å². The molecule has 31 heavy (non-hydrogen) atoms. The summed E-state index contributed by atoms with van der Waals surface area (Å²) in [6, 6.07) is 9.41. The highest BCUT2D eigenvalue weighted by Gasteiger charge is 2.27. The van der Waals surface area contributed by atoms with Crippen molar-refractivity contribution in [2.75, 3.05) is 11.9 Å². The number of nitrogens with one attached hydrogen (secondary N) is 2. The molecule has 3 aromatic heterocycles. The summed E-state index contributed by atoms with van der Waals surface area (Å²) in [5.74, 6) is 0.947. The molecule has 4 aromatic rings. The minimum absolute atomic E-state index is 0.349. The lowest BCUT2D eigenvalue weighted by Crippen LogP contribution is -2.36. The van der Waals surface area contributed by atoms with Crippen molar-refractivity contribution in [3.8, 4) is 22.7 Å². The Labute approximate surface area is 174 Å². The molecular formula is C20H17F3N6O2. The number of halogens is 3. The fourth-order valence-corrected chi connectivity index (χ4v) is 2.95. The molecule has 0 aliphatic carbocycles. The fraction of sp³-hybridized carbons (Fsp3) is 0.200. The number of aryl methyl sites for hydroxylation is 1. The highest BCUT2D eigenvalue weighted by atomic mass is 19.4. The van der Waals surface area contributed by atoms with Crippen molar-refractivity contribution in [1.82, 2.24) is 24.9 Å². The number of aromatic nitrogens is 4. The molecule has 160 valence electrons. The van der Waals surface area contributed by atoms with Crippen LogP contribution in [-0.4, -0.2) is 38.3 Å². The van der Waals surface area contributed by atoms with E-state index in [9.17, 15) is 18.0 Å². The Hall–Kier alpha value is -3.89. The zero-order chi connectivity index (χ0) is 22.0. The number of benzene rings is 1. The van der Waals surface area contributed by atoms with E-state index in [2.05, 4.69) is 20.5 Å². The van der Waals surface area contributed by atoms with E-state index in [1.807, 2.05) is 29.5 Å². The van der Waals surface area contributed by atoms with Gasteiger partial charge >= 0.3 is 12.2 Å². The van der Waals surface area contributed by atoms with E-state index in [0.29, 0.717) is 29.5 Å². The minimum atomic E-state index is -4.48. The lowest BCUT2D eigenvalue weighted by atomic mass is 10.1. The number of alkyl halides is 3. The molecule has 0 saturated carbocycles. The van der Waals surface area contributed by atoms with Crippen molar-refractivity contribution in [2.45, 2.75) is 19.5 Å². The molecule has 2 N–H and O–H groups in total. The van der Waals surface area contributed by atoms with Crippen molar-refractivity contribution in [3.63, 3.8) is 0 Å². The van der Waals surface area contributed by atoms with E-state index in [1.54, 1.807) is 35.9 Å². The number of rotatable bonds is 5. The third-order valence-corrected chi connectivity index (χ3v) is 4.40. The van der Waals surface area contributed by atoms with E-state index < -0.39 is 18.8 Å². The maximum Gasteiger partial charge on any atom is 0.405 e. The molecule has 0 bridgehead atoms. The summed E-state index contributed by atoms with van der Waals surface area (Å²) in [5.41, 5.74) is 3.18. The first-order valence-electron chi connectivity index (χ1n) is 9.34. The molecule has 0 fully saturated rings. The second-order valence-electron chi connectivity index (χ2n) is 6.65. The summed E-state index contributed by atoms with van der Waals surface area (Å²) >= 11 is 0. The van der Waals surface area contributed by atoms with Crippen LogP contribution in [0.2, 0.25) is 0 Å². The summed E-state index contributed by atoms with van der Waals surface area (Å²) < 4.78 is 44.1. The van der Waals surface area contributed by atoms with Gasteiger partial charge in [0.25, 0.3) is 0 Å². The second-order valence-corrected chi connectivity index (χ2v) is 6.65. The zero-order valence-corrected chi connectivity index (χ0v) is 16.3. The van der Waals surface area contributed by atoms with Crippen molar-refractivity contribution in [3.05, 3.63) is 54.7 Å². The summed E-state index contributed by atoms with van der Waals surface area (Å²) in [7, 11) is 0. The average molecular weight is 430 g/mol. The Morgan fingerprint density at radius 1 is 1.16 bits per heavy atom. The third-order valence-electron chi connectivity index (χ3n) is 4.40. The van der Waals surface area contributed by atoms with Crippen LogP contribution in [0.1, 0.15) is 12.8 Å². The number of hydrogen-bond donors (Lipinski definition) is 2. The molecule has 0 saturated heterocycles. The van der Waals surface area contributed by atoms with Gasteiger partial charge in [-0.15, -0.1) is 10.2 Å². The van der Waals surface area contributed by atoms with Gasteiger partial charge in [0.1, 0.15) is 12.2 Å². The second kappa shape index (κ2) is 8.09. The van der Waals surface area contributed by atoms with Crippen LogP contribution in [0.25, 0.3) is 28.4 Å². The molecule has 0 aliphatic heterocycles. The summed E-state index contributed by atoms with van der Waals surface area (Å²) in [6.45, 7) is 0.512. The van der Waals surface area contributed by atoms with E-state index in [1.165, 1.54) is 0 Å². The number of amides is 2. The first-order valence-corrected chi connectivity index (χ1v) is 9.34. The van der Waals surface area contributed by atoms with Crippen molar-refractivity contribution >= 4 is 17.4 Å². The fourth-order valence-electron chi connectivity index (χ4n) is 2.95. The van der Waals surface area contributed by atoms with Gasteiger partial charge in [-0.05, 0) is 24.3 Å². The van der Waals surface area contributed by atoms with Gasteiger partial charge in [0.15, 0.2) is 0 Å². The largest absolute Gasteiger partial charge is 0.421 e. The Morgan fingerprint density at radius 2 is 2.00 bits per heavy atom. The Balaban J connectivity index is 1.56. The Bertz CT molecular complexity index is 1230. The predicted molar refractivity (Wildman–Crippen MR) is 106 cm³/mol. The van der Waals surface area contributed by atoms with Gasteiger partial charge in [-0.1, -0.05) is 19.1 Å². The summed E-state index contributed by atoms with van der Waals surface area (Å²) in [4.78, 5) is 16.1. The van der Waals surface area contributed by atoms with Crippen LogP contribution in [0, 0.1) is 0 Å². The lowest BCUT2D eigenvalue weighted by molar-refractivity contribution is -0.122. The van der Waals surface area contributed by atoms with Gasteiger partial charge in [0.05, 0.1) is 11.9 Å². The number of imidazole rings is 1. The van der Waals surface area contributed by atoms with Crippen LogP contribution < -0.4 is 10.6 Å². The highest BCUT2D eigenvalue weighted by Crippen LogP contribution is 2.26. The smallest absolute Gasteiger partial charge is 0.405 e. The number of carbonyl (C=O) groups excluding carboxylic acids is 1. The molecule has 1 aromatic carbocycles. The average Bonchev–Trinajstić information content (AvgIpc) is 3.38. The lowest BCUT2D eigenvalue weighted by Gasteiger charge is -2.10. The summed E-state index contributed by atoms with van der Waals surface area (Å²) in [6.07, 6.45) is -0.374. The number of fused-ring (bicyclic) bond motifs is 1. The molecule has 2 amide bonds. The highest BCUT2D eigenvalue weighted by molar-refractivity contribution is 5.90. The van der Waals surface area contributed by atoms with Gasteiger partial charge in [0, 0.05) is 29.4 Å². The molecule has 0 atom stereocenters. The van der Waals surface area contributed by atoms with Crippen molar-refractivity contribution in [1.29, 1.82) is 0 Å². The molecule has 4 rings (SSSR count). The molecule has 11 heteroatoms. The molecular weight excluding hydrogens is 413 g/mol. The van der Waals surface area contributed by atoms with E-state index in [-0.39, 0.29) is 0 Å². The van der Waals surface area contributed by atoms with Crippen LogP contribution in [0.5, 0.6) is 0 Å². The first kappa shape index (κ1) is 20.4. The predicted octanol–water partition coefficient (Wildman–Crippen LogP) is 4.30. The monoisotopic (exact) mass is 430 g/mol. The number of pyridine rings is 1. The van der Waals surface area contributed by atoms with Crippen molar-refractivity contribution in [2.24, 2.45) is 0 Å².